The third kappa shape index (κ3) is 11.9. The van der Waals surface area contributed by atoms with Crippen molar-refractivity contribution in [2.45, 2.75) is 121 Å². The zero-order valence-electron chi connectivity index (χ0n) is 19.0. The van der Waals surface area contributed by atoms with E-state index in [9.17, 15) is 9.59 Å². The molecule has 0 aromatic rings. The lowest BCUT2D eigenvalue weighted by Gasteiger charge is -2.24. The number of rotatable bonds is 14. The van der Waals surface area contributed by atoms with Crippen LogP contribution in [0.4, 0.5) is 0 Å². The Morgan fingerprint density at radius 2 is 1.03 bits per heavy atom. The van der Waals surface area contributed by atoms with Gasteiger partial charge in [-0.2, -0.15) is 0 Å². The molecule has 2 saturated carbocycles. The smallest absolute Gasteiger partial charge is 0.133 e. The van der Waals surface area contributed by atoms with E-state index in [4.69, 9.17) is 0 Å². The molecule has 2 fully saturated rings. The molecule has 29 heavy (non-hydrogen) atoms. The second kappa shape index (κ2) is 14.2. The van der Waals surface area contributed by atoms with E-state index in [1.54, 1.807) is 0 Å². The normalized spacial score (nSPS) is 19.4. The van der Waals surface area contributed by atoms with Gasteiger partial charge in [0.1, 0.15) is 11.6 Å². The van der Waals surface area contributed by atoms with Crippen LogP contribution in [-0.2, 0) is 9.59 Å². The summed E-state index contributed by atoms with van der Waals surface area (Å²) in [6.07, 6.45) is 18.8. The minimum atomic E-state index is 0.0906. The van der Waals surface area contributed by atoms with Gasteiger partial charge in [0.05, 0.1) is 4.08 Å². The first kappa shape index (κ1) is 25.3. The summed E-state index contributed by atoms with van der Waals surface area (Å²) in [5.74, 6) is 4.34. The molecule has 168 valence electrons. The van der Waals surface area contributed by atoms with Gasteiger partial charge < -0.3 is 0 Å². The predicted octanol–water partition coefficient (Wildman–Crippen LogP) is 7.83. The average molecular weight is 441 g/mol. The first-order valence-corrected chi connectivity index (χ1v) is 14.2. The van der Waals surface area contributed by atoms with E-state index in [2.05, 4.69) is 13.8 Å². The van der Waals surface area contributed by atoms with Crippen molar-refractivity contribution in [3.05, 3.63) is 0 Å². The van der Waals surface area contributed by atoms with Crippen LogP contribution in [0.2, 0.25) is 0 Å². The Morgan fingerprint density at radius 3 is 1.41 bits per heavy atom. The molecule has 0 saturated heterocycles. The number of thioether (sulfide) groups is 2. The topological polar surface area (TPSA) is 34.1 Å². The average Bonchev–Trinajstić information content (AvgIpc) is 2.72. The van der Waals surface area contributed by atoms with E-state index in [0.29, 0.717) is 24.4 Å². The number of carbonyl (C=O) groups excluding carboxylic acids is 2. The molecule has 0 bridgehead atoms. The van der Waals surface area contributed by atoms with E-state index in [0.717, 1.165) is 49.0 Å². The van der Waals surface area contributed by atoms with Gasteiger partial charge in [-0.05, 0) is 38.5 Å². The summed E-state index contributed by atoms with van der Waals surface area (Å²) in [4.78, 5) is 24.4. The van der Waals surface area contributed by atoms with Gasteiger partial charge >= 0.3 is 0 Å². The minimum Gasteiger partial charge on any atom is -0.300 e. The molecule has 0 N–H and O–H groups in total. The SMILES string of the molecule is CC(C)(SCCC(=O)CCC1CCCCC1)SCCC(=O)CCC1CCCCC1. The van der Waals surface area contributed by atoms with Crippen LogP contribution in [0.1, 0.15) is 117 Å². The third-order valence-electron chi connectivity index (χ3n) is 6.77. The lowest BCUT2D eigenvalue weighted by molar-refractivity contribution is -0.119. The summed E-state index contributed by atoms with van der Waals surface area (Å²) in [5, 5.41) is 0. The molecule has 0 amide bonds. The molecule has 0 atom stereocenters. The highest BCUT2D eigenvalue weighted by atomic mass is 32.2. The zero-order chi connectivity index (χ0) is 21.0. The summed E-state index contributed by atoms with van der Waals surface area (Å²) in [7, 11) is 0. The summed E-state index contributed by atoms with van der Waals surface area (Å²) in [6.45, 7) is 4.47. The summed E-state index contributed by atoms with van der Waals surface area (Å²) in [5.41, 5.74) is 0. The number of ketones is 2. The molecular weight excluding hydrogens is 396 g/mol. The largest absolute Gasteiger partial charge is 0.300 e. The van der Waals surface area contributed by atoms with Gasteiger partial charge in [0.25, 0.3) is 0 Å². The molecule has 0 heterocycles. The maximum Gasteiger partial charge on any atom is 0.133 e. The molecule has 2 aliphatic rings. The van der Waals surface area contributed by atoms with Gasteiger partial charge in [-0.25, -0.2) is 0 Å². The van der Waals surface area contributed by atoms with Crippen LogP contribution in [0, 0.1) is 11.8 Å². The highest BCUT2D eigenvalue weighted by molar-refractivity contribution is 8.18. The summed E-state index contributed by atoms with van der Waals surface area (Å²) >= 11 is 3.77. The van der Waals surface area contributed by atoms with E-state index < -0.39 is 0 Å². The fourth-order valence-electron chi connectivity index (χ4n) is 4.79. The minimum absolute atomic E-state index is 0.0906. The highest BCUT2D eigenvalue weighted by Gasteiger charge is 2.21. The fraction of sp³-hybridized carbons (Fsp3) is 0.920. The van der Waals surface area contributed by atoms with Gasteiger partial charge in [-0.3, -0.25) is 9.59 Å². The van der Waals surface area contributed by atoms with Gasteiger partial charge in [0.15, 0.2) is 0 Å². The molecule has 0 aromatic heterocycles. The summed E-state index contributed by atoms with van der Waals surface area (Å²) < 4.78 is 0.0906. The lowest BCUT2D eigenvalue weighted by atomic mass is 9.85. The number of carbonyl (C=O) groups is 2. The Bertz CT molecular complexity index is 435. The van der Waals surface area contributed by atoms with Crippen molar-refractivity contribution >= 4 is 35.1 Å². The first-order valence-electron chi connectivity index (χ1n) is 12.3. The van der Waals surface area contributed by atoms with E-state index in [-0.39, 0.29) is 4.08 Å². The van der Waals surface area contributed by atoms with Gasteiger partial charge in [-0.1, -0.05) is 64.2 Å². The molecular formula is C25H44O2S2. The Morgan fingerprint density at radius 1 is 0.655 bits per heavy atom. The van der Waals surface area contributed by atoms with Crippen molar-refractivity contribution in [3.8, 4) is 0 Å². The Balaban J connectivity index is 1.48. The Kier molecular flexibility index (Phi) is 12.4. The monoisotopic (exact) mass is 440 g/mol. The van der Waals surface area contributed by atoms with Crippen LogP contribution in [0.15, 0.2) is 0 Å². The second-order valence-corrected chi connectivity index (χ2v) is 13.5. The van der Waals surface area contributed by atoms with Crippen LogP contribution >= 0.6 is 23.5 Å². The molecule has 0 spiro atoms. The van der Waals surface area contributed by atoms with Crippen molar-refractivity contribution in [1.29, 1.82) is 0 Å². The van der Waals surface area contributed by atoms with Crippen LogP contribution < -0.4 is 0 Å². The van der Waals surface area contributed by atoms with Crippen molar-refractivity contribution < 1.29 is 9.59 Å². The van der Waals surface area contributed by atoms with E-state index in [1.807, 2.05) is 23.5 Å². The third-order valence-corrected chi connectivity index (χ3v) is 9.69. The van der Waals surface area contributed by atoms with Crippen LogP contribution in [-0.4, -0.2) is 27.2 Å². The van der Waals surface area contributed by atoms with Gasteiger partial charge in [0, 0.05) is 37.2 Å². The zero-order valence-corrected chi connectivity index (χ0v) is 20.6. The van der Waals surface area contributed by atoms with Crippen LogP contribution in [0.5, 0.6) is 0 Å². The van der Waals surface area contributed by atoms with Crippen molar-refractivity contribution in [2.24, 2.45) is 11.8 Å². The fourth-order valence-corrected chi connectivity index (χ4v) is 7.27. The van der Waals surface area contributed by atoms with E-state index in [1.165, 1.54) is 64.2 Å². The van der Waals surface area contributed by atoms with Crippen LogP contribution in [0.25, 0.3) is 0 Å². The molecule has 2 aliphatic carbocycles. The number of hydrogen-bond donors (Lipinski definition) is 0. The quantitative estimate of drug-likeness (QED) is 0.258. The molecule has 4 heteroatoms. The molecule has 0 radical (unpaired) electrons. The number of Topliss-reactive ketones (excluding diaryl/α,β-unsaturated/α-hetero) is 2. The van der Waals surface area contributed by atoms with Crippen molar-refractivity contribution in [2.75, 3.05) is 11.5 Å². The Labute approximate surface area is 188 Å². The standard InChI is InChI=1S/C25H44O2S2/c1-25(2,28-19-17-23(26)15-13-21-9-5-3-6-10-21)29-20-18-24(27)16-14-22-11-7-4-8-12-22/h21-22H,3-20H2,1-2H3. The second-order valence-electron chi connectivity index (χ2n) is 9.76. The van der Waals surface area contributed by atoms with Crippen LogP contribution in [0.3, 0.4) is 0 Å². The molecule has 0 aromatic carbocycles. The molecule has 0 aliphatic heterocycles. The van der Waals surface area contributed by atoms with Gasteiger partial charge in [-0.15, -0.1) is 23.5 Å². The van der Waals surface area contributed by atoms with Crippen molar-refractivity contribution in [3.63, 3.8) is 0 Å². The molecule has 2 nitrogen and oxygen atoms in total. The van der Waals surface area contributed by atoms with E-state index >= 15 is 0 Å². The lowest BCUT2D eigenvalue weighted by Crippen LogP contribution is -2.14. The van der Waals surface area contributed by atoms with Gasteiger partial charge in [0.2, 0.25) is 0 Å². The molecule has 2 rings (SSSR count). The first-order chi connectivity index (χ1) is 13.9. The summed E-state index contributed by atoms with van der Waals surface area (Å²) in [6, 6.07) is 0. The number of hydrogen-bond acceptors (Lipinski definition) is 4. The van der Waals surface area contributed by atoms with Crippen molar-refractivity contribution in [1.82, 2.24) is 0 Å². The predicted molar refractivity (Wildman–Crippen MR) is 130 cm³/mol. The highest BCUT2D eigenvalue weighted by Crippen LogP contribution is 2.37. The molecule has 0 unspecified atom stereocenters. The maximum atomic E-state index is 12.2. The maximum absolute atomic E-state index is 12.2. The Hall–Kier alpha value is 0.0400.